The van der Waals surface area contributed by atoms with Gasteiger partial charge >= 0.3 is 0 Å². The molecule has 6 atom stereocenters. The first-order chi connectivity index (χ1) is 18.0. The number of amides is 1. The third-order valence-corrected chi connectivity index (χ3v) is 8.57. The molecule has 9 heteroatoms. The highest BCUT2D eigenvalue weighted by molar-refractivity contribution is 6.30. The molecule has 1 aromatic carbocycles. The van der Waals surface area contributed by atoms with E-state index in [1.165, 1.54) is 12.7 Å². The number of anilines is 3. The third kappa shape index (κ3) is 4.53. The van der Waals surface area contributed by atoms with E-state index in [0.29, 0.717) is 29.6 Å². The van der Waals surface area contributed by atoms with Crippen LogP contribution in [0.5, 0.6) is 0 Å². The number of aromatic nitrogens is 3. The van der Waals surface area contributed by atoms with Gasteiger partial charge in [-0.3, -0.25) is 4.79 Å². The first-order valence-electron chi connectivity index (χ1n) is 13.1. The minimum Gasteiger partial charge on any atom is -0.391 e. The van der Waals surface area contributed by atoms with Gasteiger partial charge in [-0.2, -0.15) is 0 Å². The van der Waals surface area contributed by atoms with Crippen LogP contribution in [-0.2, 0) is 4.79 Å². The number of carbonyl (C=O) groups is 1. The quantitative estimate of drug-likeness (QED) is 0.510. The minimum absolute atomic E-state index is 0.0439. The van der Waals surface area contributed by atoms with Crippen molar-refractivity contribution in [2.75, 3.05) is 34.8 Å². The van der Waals surface area contributed by atoms with Gasteiger partial charge in [-0.1, -0.05) is 29.8 Å². The normalized spacial score (nSPS) is 29.8. The molecule has 2 aliphatic heterocycles. The lowest BCUT2D eigenvalue weighted by atomic mass is 10.1. The summed E-state index contributed by atoms with van der Waals surface area (Å²) in [5.74, 6) is 3.93. The Morgan fingerprint density at radius 1 is 0.946 bits per heavy atom. The molecule has 4 fully saturated rings. The lowest BCUT2D eigenvalue weighted by Crippen LogP contribution is -2.26. The number of hydrogen-bond acceptors (Lipinski definition) is 7. The van der Waals surface area contributed by atoms with E-state index in [1.54, 1.807) is 6.07 Å². The predicted molar refractivity (Wildman–Crippen MR) is 142 cm³/mol. The van der Waals surface area contributed by atoms with Crippen molar-refractivity contribution in [3.8, 4) is 0 Å². The summed E-state index contributed by atoms with van der Waals surface area (Å²) in [4.78, 5) is 30.9. The number of benzene rings is 1. The minimum atomic E-state index is -0.465. The molecule has 2 N–H and O–H groups in total. The Balaban J connectivity index is 1.04. The molecule has 0 bridgehead atoms. The number of hydrogen-bond donors (Lipinski definition) is 2. The molecule has 3 aromatic rings. The fraction of sp³-hybridized carbons (Fsp3) is 0.429. The van der Waals surface area contributed by atoms with Crippen molar-refractivity contribution in [2.45, 2.75) is 37.3 Å². The van der Waals surface area contributed by atoms with Crippen molar-refractivity contribution >= 4 is 35.0 Å². The summed E-state index contributed by atoms with van der Waals surface area (Å²) in [6.07, 6.45) is 5.70. The number of halogens is 1. The zero-order chi connectivity index (χ0) is 25.1. The summed E-state index contributed by atoms with van der Waals surface area (Å²) < 4.78 is 0. The van der Waals surface area contributed by atoms with Crippen LogP contribution in [0.25, 0.3) is 0 Å². The van der Waals surface area contributed by atoms with Gasteiger partial charge in [-0.05, 0) is 66.3 Å². The number of carbonyl (C=O) groups excluding carboxylic acids is 1. The maximum atomic E-state index is 12.9. The summed E-state index contributed by atoms with van der Waals surface area (Å²) in [5, 5.41) is 14.2. The Hall–Kier alpha value is -3.23. The molecule has 7 rings (SSSR count). The summed E-state index contributed by atoms with van der Waals surface area (Å²) >= 11 is 6.12. The molecule has 2 aromatic heterocycles. The monoisotopic (exact) mass is 516 g/mol. The molecule has 5 unspecified atom stereocenters. The average molecular weight is 517 g/mol. The van der Waals surface area contributed by atoms with Gasteiger partial charge in [0.15, 0.2) is 0 Å². The first kappa shape index (κ1) is 22.9. The van der Waals surface area contributed by atoms with E-state index in [2.05, 4.69) is 37.2 Å². The van der Waals surface area contributed by atoms with Crippen LogP contribution in [0.3, 0.4) is 0 Å². The van der Waals surface area contributed by atoms with Crippen molar-refractivity contribution in [3.05, 3.63) is 71.1 Å². The molecule has 2 saturated carbocycles. The summed E-state index contributed by atoms with van der Waals surface area (Å²) in [7, 11) is 0. The Bertz CT molecular complexity index is 1330. The van der Waals surface area contributed by atoms with Gasteiger partial charge in [0.25, 0.3) is 0 Å². The van der Waals surface area contributed by atoms with Crippen LogP contribution in [-0.4, -0.2) is 51.7 Å². The van der Waals surface area contributed by atoms with E-state index in [0.717, 1.165) is 48.3 Å². The first-order valence-corrected chi connectivity index (χ1v) is 13.4. The molecule has 37 heavy (non-hydrogen) atoms. The highest BCUT2D eigenvalue weighted by Crippen LogP contribution is 2.48. The number of aliphatic hydroxyl groups is 1. The molecule has 2 saturated heterocycles. The fourth-order valence-corrected chi connectivity index (χ4v) is 6.33. The van der Waals surface area contributed by atoms with Crippen molar-refractivity contribution in [1.29, 1.82) is 0 Å². The molecule has 1 amide bonds. The number of β-amino-alcohol motifs (C(OH)–C–C–N with tert-alkyl or cyclic N) is 1. The number of rotatable bonds is 6. The molecule has 190 valence electrons. The predicted octanol–water partition coefficient (Wildman–Crippen LogP) is 4.04. The van der Waals surface area contributed by atoms with Gasteiger partial charge < -0.3 is 20.2 Å². The fourth-order valence-electron chi connectivity index (χ4n) is 6.13. The Labute approximate surface area is 220 Å². The molecule has 8 nitrogen and oxygen atoms in total. The Morgan fingerprint density at radius 2 is 1.81 bits per heavy atom. The molecule has 0 radical (unpaired) electrons. The van der Waals surface area contributed by atoms with E-state index in [4.69, 9.17) is 16.6 Å². The summed E-state index contributed by atoms with van der Waals surface area (Å²) in [6.45, 7) is 2.69. The van der Waals surface area contributed by atoms with Crippen molar-refractivity contribution in [3.63, 3.8) is 0 Å². The molecular formula is C28H29ClN6O2. The van der Waals surface area contributed by atoms with Crippen LogP contribution in [0.4, 0.5) is 17.5 Å². The summed E-state index contributed by atoms with van der Waals surface area (Å²) in [6, 6.07) is 13.7. The number of aliphatic hydroxyl groups excluding tert-OH is 1. The second kappa shape index (κ2) is 8.96. The van der Waals surface area contributed by atoms with Crippen molar-refractivity contribution in [2.24, 2.45) is 17.8 Å². The van der Waals surface area contributed by atoms with Crippen LogP contribution >= 0.6 is 11.6 Å². The van der Waals surface area contributed by atoms with Crippen molar-refractivity contribution < 1.29 is 9.90 Å². The van der Waals surface area contributed by atoms with Gasteiger partial charge in [0, 0.05) is 42.8 Å². The van der Waals surface area contributed by atoms with Gasteiger partial charge in [0.2, 0.25) is 5.91 Å². The van der Waals surface area contributed by atoms with Gasteiger partial charge in [0.05, 0.1) is 12.1 Å². The maximum absolute atomic E-state index is 12.9. The number of piperidine rings is 1. The second-order valence-electron chi connectivity index (χ2n) is 10.9. The standard InChI is InChI=1S/C28H29ClN6O2/c29-20-3-1-2-16(7-20)22-9-23(22)28(37)33-25-10-27(32-15-31-25)35-14-21(36)8-24(35)17-4-5-26(30-11-17)34-12-18-6-19(18)13-34/h1-5,7,10-11,15,18-19,21-24,36H,6,8-9,12-14H2,(H,31,32,33,37)/t18?,19?,21-,22?,23?,24?/m0/s1. The van der Waals surface area contributed by atoms with Gasteiger partial charge in [-0.25, -0.2) is 15.0 Å². The smallest absolute Gasteiger partial charge is 0.229 e. The summed E-state index contributed by atoms with van der Waals surface area (Å²) in [5.41, 5.74) is 2.14. The van der Waals surface area contributed by atoms with E-state index in [-0.39, 0.29) is 23.8 Å². The van der Waals surface area contributed by atoms with Crippen LogP contribution in [0.2, 0.25) is 5.02 Å². The molecular weight excluding hydrogens is 488 g/mol. The second-order valence-corrected chi connectivity index (χ2v) is 11.4. The lowest BCUT2D eigenvalue weighted by Gasteiger charge is -2.26. The number of fused-ring (bicyclic) bond motifs is 1. The lowest BCUT2D eigenvalue weighted by molar-refractivity contribution is -0.117. The molecule has 4 aliphatic rings. The van der Waals surface area contributed by atoms with Crippen LogP contribution in [0, 0.1) is 17.8 Å². The molecule has 4 heterocycles. The van der Waals surface area contributed by atoms with E-state index >= 15 is 0 Å². The third-order valence-electron chi connectivity index (χ3n) is 8.34. The van der Waals surface area contributed by atoms with E-state index in [9.17, 15) is 9.90 Å². The van der Waals surface area contributed by atoms with Crippen molar-refractivity contribution in [1.82, 2.24) is 15.0 Å². The van der Waals surface area contributed by atoms with Gasteiger partial charge in [0.1, 0.15) is 23.8 Å². The number of nitrogens with zero attached hydrogens (tertiary/aromatic N) is 5. The SMILES string of the molecule is O=C(Nc1cc(N2C[C@@H](O)CC2c2ccc(N3CC4CC4C3)nc2)ncn1)C1CC1c1cccc(Cl)c1. The van der Waals surface area contributed by atoms with Crippen LogP contribution in [0.1, 0.15) is 42.3 Å². The Morgan fingerprint density at radius 3 is 2.59 bits per heavy atom. The maximum Gasteiger partial charge on any atom is 0.229 e. The molecule has 0 spiro atoms. The van der Waals surface area contributed by atoms with E-state index in [1.807, 2.05) is 30.5 Å². The molecule has 2 aliphatic carbocycles. The zero-order valence-corrected chi connectivity index (χ0v) is 21.1. The average Bonchev–Trinajstić information content (AvgIpc) is 3.79. The largest absolute Gasteiger partial charge is 0.391 e. The highest BCUT2D eigenvalue weighted by atomic mass is 35.5. The Kier molecular flexibility index (Phi) is 5.55. The number of nitrogens with one attached hydrogen (secondary N) is 1. The number of pyridine rings is 1. The zero-order valence-electron chi connectivity index (χ0n) is 20.4. The van der Waals surface area contributed by atoms with Crippen LogP contribution in [0.15, 0.2) is 55.0 Å². The highest BCUT2D eigenvalue weighted by Gasteiger charge is 2.46. The van der Waals surface area contributed by atoms with E-state index < -0.39 is 6.10 Å². The van der Waals surface area contributed by atoms with Gasteiger partial charge in [-0.15, -0.1) is 0 Å². The van der Waals surface area contributed by atoms with Crippen LogP contribution < -0.4 is 15.1 Å². The topological polar surface area (TPSA) is 94.5 Å².